The van der Waals surface area contributed by atoms with E-state index < -0.39 is 39.4 Å². The van der Waals surface area contributed by atoms with Crippen molar-refractivity contribution in [2.45, 2.75) is 18.9 Å². The molecule has 2 aromatic rings. The molecule has 2 unspecified atom stereocenters. The van der Waals surface area contributed by atoms with E-state index in [-0.39, 0.29) is 58.9 Å². The summed E-state index contributed by atoms with van der Waals surface area (Å²) < 4.78 is 53.7. The number of carbonyl (C=O) groups excluding carboxylic acids is 2. The largest absolute Gasteiger partial charge is 0.389 e. The molecular formula is C25H27F2N3O5S. The molecule has 3 atom stereocenters. The number of anilines is 2. The number of aliphatic hydroxyl groups excluding tert-OH is 1. The lowest BCUT2D eigenvalue weighted by molar-refractivity contribution is 0.0558. The second-order valence-electron chi connectivity index (χ2n) is 9.74. The summed E-state index contributed by atoms with van der Waals surface area (Å²) in [6.45, 7) is 0.419. The number of aliphatic hydroxyl groups is 1. The lowest BCUT2D eigenvalue weighted by atomic mass is 9.92. The highest BCUT2D eigenvalue weighted by atomic mass is 32.2. The summed E-state index contributed by atoms with van der Waals surface area (Å²) in [5.74, 6) is -2.11. The molecule has 3 aliphatic heterocycles. The molecule has 0 saturated carbocycles. The average Bonchev–Trinajstić information content (AvgIpc) is 3.29. The Morgan fingerprint density at radius 2 is 1.50 bits per heavy atom. The average molecular weight is 520 g/mol. The number of hydrogen-bond acceptors (Lipinski definition) is 7. The molecule has 2 fully saturated rings. The van der Waals surface area contributed by atoms with E-state index in [0.29, 0.717) is 25.9 Å². The molecule has 0 radical (unpaired) electrons. The van der Waals surface area contributed by atoms with Crippen LogP contribution in [0.2, 0.25) is 0 Å². The lowest BCUT2D eigenvalue weighted by Gasteiger charge is -2.22. The number of rotatable bonds is 6. The number of imide groups is 1. The molecule has 3 heterocycles. The minimum Gasteiger partial charge on any atom is -0.389 e. The first-order valence-electron chi connectivity index (χ1n) is 11.9. The third-order valence-electron chi connectivity index (χ3n) is 7.32. The SMILES string of the molecule is O=C1c2ccccc2C(=O)N1C[C@H](O)CNc1cc(F)c(N2CC3CCS(=O)(=O)CCC3C2)c(F)c1. The van der Waals surface area contributed by atoms with Crippen molar-refractivity contribution >= 4 is 33.0 Å². The van der Waals surface area contributed by atoms with Crippen molar-refractivity contribution in [2.24, 2.45) is 11.8 Å². The Hall–Kier alpha value is -3.05. The number of carbonyl (C=O) groups is 2. The van der Waals surface area contributed by atoms with Gasteiger partial charge in [-0.25, -0.2) is 17.2 Å². The Balaban J connectivity index is 1.20. The number of amides is 2. The van der Waals surface area contributed by atoms with Gasteiger partial charge in [0.1, 0.15) is 15.5 Å². The van der Waals surface area contributed by atoms with Gasteiger partial charge in [0.15, 0.2) is 11.6 Å². The molecule has 2 amide bonds. The van der Waals surface area contributed by atoms with Crippen molar-refractivity contribution in [3.8, 4) is 0 Å². The Morgan fingerprint density at radius 3 is 2.03 bits per heavy atom. The summed E-state index contributed by atoms with van der Waals surface area (Å²) in [6.07, 6.45) is -0.158. The lowest BCUT2D eigenvalue weighted by Crippen LogP contribution is -2.39. The van der Waals surface area contributed by atoms with Crippen molar-refractivity contribution in [1.82, 2.24) is 4.90 Å². The quantitative estimate of drug-likeness (QED) is 0.564. The maximum absolute atomic E-state index is 15.0. The molecule has 2 saturated heterocycles. The Labute approximate surface area is 207 Å². The van der Waals surface area contributed by atoms with E-state index in [9.17, 15) is 31.9 Å². The normalized spacial score (nSPS) is 23.9. The first kappa shape index (κ1) is 24.6. The third-order valence-corrected chi connectivity index (χ3v) is 9.04. The molecule has 11 heteroatoms. The second kappa shape index (κ2) is 9.44. The van der Waals surface area contributed by atoms with Crippen molar-refractivity contribution in [3.63, 3.8) is 0 Å². The van der Waals surface area contributed by atoms with E-state index >= 15 is 0 Å². The van der Waals surface area contributed by atoms with E-state index in [0.717, 1.165) is 17.0 Å². The summed E-state index contributed by atoms with van der Waals surface area (Å²) >= 11 is 0. The van der Waals surface area contributed by atoms with Crippen LogP contribution in [0.15, 0.2) is 36.4 Å². The molecular weight excluding hydrogens is 492 g/mol. The predicted octanol–water partition coefficient (Wildman–Crippen LogP) is 2.29. The molecule has 5 rings (SSSR count). The van der Waals surface area contributed by atoms with Crippen LogP contribution in [-0.4, -0.2) is 74.0 Å². The Bertz CT molecular complexity index is 1240. The minimum atomic E-state index is -3.04. The molecule has 36 heavy (non-hydrogen) atoms. The van der Waals surface area contributed by atoms with Gasteiger partial charge in [-0.2, -0.15) is 0 Å². The van der Waals surface area contributed by atoms with Crippen LogP contribution in [0.25, 0.3) is 0 Å². The summed E-state index contributed by atoms with van der Waals surface area (Å²) in [7, 11) is -3.04. The molecule has 2 N–H and O–H groups in total. The van der Waals surface area contributed by atoms with Gasteiger partial charge in [-0.15, -0.1) is 0 Å². The van der Waals surface area contributed by atoms with Gasteiger partial charge in [-0.3, -0.25) is 14.5 Å². The highest BCUT2D eigenvalue weighted by Gasteiger charge is 2.38. The smallest absolute Gasteiger partial charge is 0.261 e. The van der Waals surface area contributed by atoms with Crippen LogP contribution in [0, 0.1) is 23.5 Å². The molecule has 8 nitrogen and oxygen atoms in total. The van der Waals surface area contributed by atoms with Crippen LogP contribution in [0.1, 0.15) is 33.6 Å². The number of benzene rings is 2. The van der Waals surface area contributed by atoms with E-state index in [1.54, 1.807) is 29.2 Å². The maximum atomic E-state index is 15.0. The van der Waals surface area contributed by atoms with Crippen LogP contribution in [-0.2, 0) is 9.84 Å². The second-order valence-corrected chi connectivity index (χ2v) is 12.0. The number of sulfone groups is 1. The third kappa shape index (κ3) is 4.69. The number of fused-ring (bicyclic) bond motifs is 2. The summed E-state index contributed by atoms with van der Waals surface area (Å²) in [5, 5.41) is 13.2. The Kier molecular flexibility index (Phi) is 6.46. The van der Waals surface area contributed by atoms with Gasteiger partial charge in [-0.05, 0) is 48.9 Å². The molecule has 2 aromatic carbocycles. The first-order valence-corrected chi connectivity index (χ1v) is 13.8. The Morgan fingerprint density at radius 1 is 0.972 bits per heavy atom. The molecule has 3 aliphatic rings. The number of halogens is 2. The highest BCUT2D eigenvalue weighted by Crippen LogP contribution is 2.38. The van der Waals surface area contributed by atoms with Crippen molar-refractivity contribution in [2.75, 3.05) is 47.9 Å². The van der Waals surface area contributed by atoms with E-state index in [1.165, 1.54) is 0 Å². The molecule has 192 valence electrons. The van der Waals surface area contributed by atoms with Gasteiger partial charge in [0.25, 0.3) is 11.8 Å². The summed E-state index contributed by atoms with van der Waals surface area (Å²) in [4.78, 5) is 27.5. The van der Waals surface area contributed by atoms with E-state index in [2.05, 4.69) is 5.32 Å². The van der Waals surface area contributed by atoms with Crippen molar-refractivity contribution < 1.29 is 31.9 Å². The predicted molar refractivity (Wildman–Crippen MR) is 130 cm³/mol. The van der Waals surface area contributed by atoms with Crippen LogP contribution in [0.3, 0.4) is 0 Å². The number of nitrogens with zero attached hydrogens (tertiary/aromatic N) is 2. The zero-order valence-corrected chi connectivity index (χ0v) is 20.3. The van der Waals surface area contributed by atoms with Crippen LogP contribution in [0.5, 0.6) is 0 Å². The van der Waals surface area contributed by atoms with Gasteiger partial charge < -0.3 is 15.3 Å². The van der Waals surface area contributed by atoms with Crippen LogP contribution < -0.4 is 10.2 Å². The first-order chi connectivity index (χ1) is 17.1. The zero-order valence-electron chi connectivity index (χ0n) is 19.5. The number of β-amino-alcohol motifs (C(OH)–C–C–N with tert-alkyl or cyclic N) is 1. The fourth-order valence-electron chi connectivity index (χ4n) is 5.42. The topological polar surface area (TPSA) is 107 Å². The van der Waals surface area contributed by atoms with Gasteiger partial charge in [0.2, 0.25) is 0 Å². The number of nitrogens with one attached hydrogen (secondary N) is 1. The molecule has 0 bridgehead atoms. The monoisotopic (exact) mass is 519 g/mol. The molecule has 0 spiro atoms. The zero-order chi connectivity index (χ0) is 25.6. The van der Waals surface area contributed by atoms with Crippen molar-refractivity contribution in [1.29, 1.82) is 0 Å². The summed E-state index contributed by atoms with van der Waals surface area (Å²) in [5.41, 5.74) is 0.542. The van der Waals surface area contributed by atoms with Crippen molar-refractivity contribution in [3.05, 3.63) is 59.2 Å². The van der Waals surface area contributed by atoms with Gasteiger partial charge in [0, 0.05) is 25.3 Å². The summed E-state index contributed by atoms with van der Waals surface area (Å²) in [6, 6.07) is 8.69. The van der Waals surface area contributed by atoms with Gasteiger partial charge >= 0.3 is 0 Å². The highest BCUT2D eigenvalue weighted by molar-refractivity contribution is 7.91. The van der Waals surface area contributed by atoms with E-state index in [4.69, 9.17) is 0 Å². The minimum absolute atomic E-state index is 0.0798. The fraction of sp³-hybridized carbons (Fsp3) is 0.440. The van der Waals surface area contributed by atoms with Gasteiger partial charge in [0.05, 0.1) is 35.3 Å². The van der Waals surface area contributed by atoms with Crippen LogP contribution >= 0.6 is 0 Å². The molecule has 0 aromatic heterocycles. The fourth-order valence-corrected chi connectivity index (χ4v) is 6.95. The van der Waals surface area contributed by atoms with Crippen LogP contribution in [0.4, 0.5) is 20.2 Å². The molecule has 0 aliphatic carbocycles. The van der Waals surface area contributed by atoms with Gasteiger partial charge in [-0.1, -0.05) is 12.1 Å². The number of hydrogen-bond donors (Lipinski definition) is 2. The van der Waals surface area contributed by atoms with E-state index in [1.807, 2.05) is 0 Å². The standard InChI is InChI=1S/C25H27F2N3O5S/c26-21-9-17(28-11-18(31)14-30-24(32)19-3-1-2-4-20(19)25(30)33)10-22(27)23(21)29-12-15-5-7-36(34,35)8-6-16(15)13-29/h1-4,9-10,15-16,18,28,31H,5-8,11-14H2/t15?,16?,18-/m1/s1. The maximum Gasteiger partial charge on any atom is 0.261 e.